The maximum Gasteiger partial charge on any atom is 0.417 e. The van der Waals surface area contributed by atoms with Gasteiger partial charge in [-0.25, -0.2) is 13.1 Å². The molecule has 0 unspecified atom stereocenters. The van der Waals surface area contributed by atoms with Crippen molar-refractivity contribution in [1.82, 2.24) is 10.0 Å². The summed E-state index contributed by atoms with van der Waals surface area (Å²) in [5.41, 5.74) is -1.14. The summed E-state index contributed by atoms with van der Waals surface area (Å²) in [4.78, 5) is -0.725. The molecule has 126 valence electrons. The van der Waals surface area contributed by atoms with Crippen LogP contribution in [0.3, 0.4) is 0 Å². The Hall–Kier alpha value is -0.830. The molecule has 1 saturated heterocycles. The van der Waals surface area contributed by atoms with Crippen LogP contribution in [0.2, 0.25) is 0 Å². The molecule has 9 heteroatoms. The van der Waals surface area contributed by atoms with Gasteiger partial charge in [-0.05, 0) is 37.9 Å². The zero-order valence-electron chi connectivity index (χ0n) is 11.7. The molecule has 0 saturated carbocycles. The van der Waals surface area contributed by atoms with E-state index in [0.717, 1.165) is 31.5 Å². The van der Waals surface area contributed by atoms with E-state index in [-0.39, 0.29) is 25.0 Å². The van der Waals surface area contributed by atoms with Crippen molar-refractivity contribution in [2.24, 2.45) is 0 Å². The highest BCUT2D eigenvalue weighted by Crippen LogP contribution is 2.33. The van der Waals surface area contributed by atoms with Crippen LogP contribution >= 0.6 is 12.4 Å². The second-order valence-electron chi connectivity index (χ2n) is 4.97. The minimum atomic E-state index is -4.70. The van der Waals surface area contributed by atoms with Crippen LogP contribution in [-0.4, -0.2) is 27.5 Å². The number of rotatable bonds is 5. The van der Waals surface area contributed by atoms with Gasteiger partial charge in [0.2, 0.25) is 10.0 Å². The molecule has 0 aliphatic carbocycles. The normalized spacial score (nSPS) is 19.0. The molecule has 1 fully saturated rings. The number of nitrogens with one attached hydrogen (secondary N) is 2. The molecule has 0 amide bonds. The van der Waals surface area contributed by atoms with E-state index < -0.39 is 26.7 Å². The van der Waals surface area contributed by atoms with Crippen molar-refractivity contribution in [1.29, 1.82) is 0 Å². The summed E-state index contributed by atoms with van der Waals surface area (Å²) in [5, 5.41) is 3.20. The molecular formula is C13H18ClF3N2O2S. The van der Waals surface area contributed by atoms with E-state index in [1.54, 1.807) is 0 Å². The van der Waals surface area contributed by atoms with Gasteiger partial charge in [-0.3, -0.25) is 0 Å². The number of hydrogen-bond acceptors (Lipinski definition) is 3. The van der Waals surface area contributed by atoms with Gasteiger partial charge in [0, 0.05) is 12.6 Å². The Kier molecular flexibility index (Phi) is 6.66. The highest BCUT2D eigenvalue weighted by Gasteiger charge is 2.36. The van der Waals surface area contributed by atoms with Crippen LogP contribution in [0.1, 0.15) is 24.8 Å². The van der Waals surface area contributed by atoms with Crippen molar-refractivity contribution < 1.29 is 21.6 Å². The van der Waals surface area contributed by atoms with Crippen LogP contribution in [0, 0.1) is 0 Å². The lowest BCUT2D eigenvalue weighted by molar-refractivity contribution is -0.139. The van der Waals surface area contributed by atoms with E-state index >= 15 is 0 Å². The Labute approximate surface area is 133 Å². The van der Waals surface area contributed by atoms with Gasteiger partial charge in [0.05, 0.1) is 10.5 Å². The average molecular weight is 359 g/mol. The van der Waals surface area contributed by atoms with Crippen molar-refractivity contribution in [3.8, 4) is 0 Å². The van der Waals surface area contributed by atoms with Crippen LogP contribution in [-0.2, 0) is 16.2 Å². The Balaban J connectivity index is 0.00000242. The second-order valence-corrected chi connectivity index (χ2v) is 6.71. The Morgan fingerprint density at radius 1 is 1.27 bits per heavy atom. The second kappa shape index (κ2) is 7.63. The fourth-order valence-corrected chi connectivity index (χ4v) is 3.66. The number of sulfonamides is 1. The predicted octanol–water partition coefficient (Wildman–Crippen LogP) is 2.55. The fraction of sp³-hybridized carbons (Fsp3) is 0.538. The first kappa shape index (κ1) is 19.2. The van der Waals surface area contributed by atoms with E-state index in [2.05, 4.69) is 10.0 Å². The SMILES string of the molecule is Cl.O=S(=O)(NCC[C@H]1CCCN1)c1ccccc1C(F)(F)F. The minimum Gasteiger partial charge on any atom is -0.314 e. The first-order valence-electron chi connectivity index (χ1n) is 6.70. The topological polar surface area (TPSA) is 58.2 Å². The lowest BCUT2D eigenvalue weighted by Gasteiger charge is -2.15. The molecule has 0 bridgehead atoms. The predicted molar refractivity (Wildman–Crippen MR) is 79.5 cm³/mol. The van der Waals surface area contributed by atoms with E-state index in [1.807, 2.05) is 0 Å². The van der Waals surface area contributed by atoms with E-state index in [0.29, 0.717) is 6.42 Å². The number of alkyl halides is 3. The van der Waals surface area contributed by atoms with Crippen molar-refractivity contribution in [2.45, 2.75) is 36.4 Å². The summed E-state index contributed by atoms with van der Waals surface area (Å²) < 4.78 is 64.9. The van der Waals surface area contributed by atoms with Gasteiger partial charge in [-0.15, -0.1) is 12.4 Å². The van der Waals surface area contributed by atoms with Crippen molar-refractivity contribution >= 4 is 22.4 Å². The molecule has 2 rings (SSSR count). The fourth-order valence-electron chi connectivity index (χ4n) is 2.38. The maximum absolute atomic E-state index is 12.8. The third kappa shape index (κ3) is 4.84. The Bertz CT molecular complexity index is 587. The summed E-state index contributed by atoms with van der Waals surface area (Å²) in [5.74, 6) is 0. The van der Waals surface area contributed by atoms with E-state index in [4.69, 9.17) is 0 Å². The molecule has 0 aromatic heterocycles. The smallest absolute Gasteiger partial charge is 0.314 e. The van der Waals surface area contributed by atoms with Gasteiger partial charge in [0.1, 0.15) is 0 Å². The highest BCUT2D eigenvalue weighted by molar-refractivity contribution is 7.89. The number of halogens is 4. The van der Waals surface area contributed by atoms with Crippen molar-refractivity contribution in [3.05, 3.63) is 29.8 Å². The van der Waals surface area contributed by atoms with Crippen LogP contribution < -0.4 is 10.0 Å². The zero-order chi connectivity index (χ0) is 15.5. The lowest BCUT2D eigenvalue weighted by atomic mass is 10.2. The van der Waals surface area contributed by atoms with Crippen molar-refractivity contribution in [2.75, 3.05) is 13.1 Å². The summed E-state index contributed by atoms with van der Waals surface area (Å²) in [6, 6.07) is 4.42. The summed E-state index contributed by atoms with van der Waals surface area (Å²) in [6.45, 7) is 1.01. The van der Waals surface area contributed by atoms with E-state index in [1.165, 1.54) is 12.1 Å². The third-order valence-electron chi connectivity index (χ3n) is 3.43. The van der Waals surface area contributed by atoms with Crippen LogP contribution in [0.5, 0.6) is 0 Å². The standard InChI is InChI=1S/C13H17F3N2O2S.ClH/c14-13(15,16)11-5-1-2-6-12(11)21(19,20)18-9-7-10-4-3-8-17-10;/h1-2,5-6,10,17-18H,3-4,7-9H2;1H/t10-;/m1./s1. The Morgan fingerprint density at radius 2 is 1.95 bits per heavy atom. The maximum atomic E-state index is 12.8. The van der Waals surface area contributed by atoms with Gasteiger partial charge < -0.3 is 5.32 Å². The average Bonchev–Trinajstić information content (AvgIpc) is 2.91. The molecular weight excluding hydrogens is 341 g/mol. The lowest BCUT2D eigenvalue weighted by Crippen LogP contribution is -2.31. The molecule has 0 spiro atoms. The quantitative estimate of drug-likeness (QED) is 0.850. The molecule has 1 aliphatic rings. The highest BCUT2D eigenvalue weighted by atomic mass is 35.5. The third-order valence-corrected chi connectivity index (χ3v) is 4.95. The molecule has 1 aromatic rings. The molecule has 4 nitrogen and oxygen atoms in total. The number of benzene rings is 1. The van der Waals surface area contributed by atoms with Gasteiger partial charge in [-0.1, -0.05) is 12.1 Å². The van der Waals surface area contributed by atoms with Crippen LogP contribution in [0.15, 0.2) is 29.2 Å². The Morgan fingerprint density at radius 3 is 2.55 bits per heavy atom. The summed E-state index contributed by atoms with van der Waals surface area (Å²) in [6.07, 6.45) is -2.14. The van der Waals surface area contributed by atoms with Gasteiger partial charge in [-0.2, -0.15) is 13.2 Å². The zero-order valence-corrected chi connectivity index (χ0v) is 13.3. The molecule has 22 heavy (non-hydrogen) atoms. The van der Waals surface area contributed by atoms with Gasteiger partial charge in [0.25, 0.3) is 0 Å². The van der Waals surface area contributed by atoms with Crippen LogP contribution in [0.4, 0.5) is 13.2 Å². The molecule has 1 aromatic carbocycles. The first-order valence-corrected chi connectivity index (χ1v) is 8.18. The molecule has 1 atom stereocenters. The van der Waals surface area contributed by atoms with Crippen molar-refractivity contribution in [3.63, 3.8) is 0 Å². The molecule has 1 aliphatic heterocycles. The molecule has 1 heterocycles. The molecule has 2 N–H and O–H groups in total. The summed E-state index contributed by atoms with van der Waals surface area (Å²) in [7, 11) is -4.16. The largest absolute Gasteiger partial charge is 0.417 e. The first-order chi connectivity index (χ1) is 9.81. The molecule has 0 radical (unpaired) electrons. The van der Waals surface area contributed by atoms with Gasteiger partial charge >= 0.3 is 6.18 Å². The minimum absolute atomic E-state index is 0. The van der Waals surface area contributed by atoms with Crippen LogP contribution in [0.25, 0.3) is 0 Å². The summed E-state index contributed by atoms with van der Waals surface area (Å²) >= 11 is 0. The van der Waals surface area contributed by atoms with E-state index in [9.17, 15) is 21.6 Å². The van der Waals surface area contributed by atoms with Gasteiger partial charge in [0.15, 0.2) is 0 Å². The monoisotopic (exact) mass is 358 g/mol. The number of hydrogen-bond donors (Lipinski definition) is 2.